The summed E-state index contributed by atoms with van der Waals surface area (Å²) < 4.78 is 0. The van der Waals surface area contributed by atoms with Gasteiger partial charge in [-0.15, -0.1) is 0 Å². The molecular weight excluding hydrogens is 156 g/mol. The number of carbonyl (C=O) groups is 1. The predicted molar refractivity (Wildman–Crippen MR) is 43.4 cm³/mol. The van der Waals surface area contributed by atoms with Crippen molar-refractivity contribution in [2.75, 3.05) is 13.6 Å². The third-order valence-electron chi connectivity index (χ3n) is 1.39. The van der Waals surface area contributed by atoms with Crippen LogP contribution in [0.5, 0.6) is 0 Å². The van der Waals surface area contributed by atoms with Gasteiger partial charge < -0.3 is 0 Å². The van der Waals surface area contributed by atoms with Crippen LogP contribution in [0.3, 0.4) is 0 Å². The minimum Gasteiger partial charge on any atom is -0.299 e. The minimum atomic E-state index is 0.154. The van der Waals surface area contributed by atoms with E-state index in [1.54, 1.807) is 13.1 Å². The summed E-state index contributed by atoms with van der Waals surface area (Å²) in [5.41, 5.74) is 0.846. The molecular formula is C7H12N4O. The molecule has 0 unspecified atom stereocenters. The van der Waals surface area contributed by atoms with Gasteiger partial charge in [0.25, 0.3) is 0 Å². The fraction of sp³-hybridized carbons (Fsp3) is 0.571. The van der Waals surface area contributed by atoms with Crippen LogP contribution in [-0.2, 0) is 11.3 Å². The topological polar surface area (TPSA) is 61.9 Å². The molecule has 0 amide bonds. The molecule has 1 aromatic rings. The van der Waals surface area contributed by atoms with Crippen LogP contribution in [0.25, 0.3) is 0 Å². The summed E-state index contributed by atoms with van der Waals surface area (Å²) in [6, 6.07) is 0. The summed E-state index contributed by atoms with van der Waals surface area (Å²) in [5, 5.41) is 10.1. The van der Waals surface area contributed by atoms with Crippen molar-refractivity contribution >= 4 is 5.78 Å². The van der Waals surface area contributed by atoms with Crippen LogP contribution in [0, 0.1) is 0 Å². The highest BCUT2D eigenvalue weighted by atomic mass is 16.1. The van der Waals surface area contributed by atoms with Crippen molar-refractivity contribution in [3.8, 4) is 0 Å². The molecule has 0 atom stereocenters. The Hall–Kier alpha value is -1.23. The zero-order chi connectivity index (χ0) is 8.97. The number of hydrogen-bond donors (Lipinski definition) is 1. The average molecular weight is 168 g/mol. The highest BCUT2D eigenvalue weighted by molar-refractivity contribution is 5.77. The molecule has 5 nitrogen and oxygen atoms in total. The van der Waals surface area contributed by atoms with Gasteiger partial charge in [0, 0.05) is 6.54 Å². The second-order valence-electron chi connectivity index (χ2n) is 2.84. The summed E-state index contributed by atoms with van der Waals surface area (Å²) in [7, 11) is 1.87. The summed E-state index contributed by atoms with van der Waals surface area (Å²) in [6.07, 6.45) is 1.65. The van der Waals surface area contributed by atoms with Gasteiger partial charge in [0.05, 0.1) is 18.4 Å². The van der Waals surface area contributed by atoms with E-state index in [1.165, 1.54) is 0 Å². The lowest BCUT2D eigenvalue weighted by atomic mass is 10.4. The number of rotatable bonds is 4. The maximum absolute atomic E-state index is 10.7. The van der Waals surface area contributed by atoms with Crippen molar-refractivity contribution in [1.82, 2.24) is 20.3 Å². The molecule has 0 bridgehead atoms. The van der Waals surface area contributed by atoms with Crippen molar-refractivity contribution in [3.63, 3.8) is 0 Å². The average Bonchev–Trinajstić information content (AvgIpc) is 2.37. The SMILES string of the molecule is CC(=O)CN(C)Cc1cn[nH]n1. The fourth-order valence-electron chi connectivity index (χ4n) is 1.01. The first-order chi connectivity index (χ1) is 5.68. The zero-order valence-electron chi connectivity index (χ0n) is 7.24. The number of likely N-dealkylation sites (N-methyl/N-ethyl adjacent to an activating group) is 1. The van der Waals surface area contributed by atoms with E-state index in [9.17, 15) is 4.79 Å². The molecule has 0 saturated heterocycles. The van der Waals surface area contributed by atoms with Gasteiger partial charge >= 0.3 is 0 Å². The Kier molecular flexibility index (Phi) is 2.93. The first kappa shape index (κ1) is 8.86. The maximum Gasteiger partial charge on any atom is 0.143 e. The Morgan fingerprint density at radius 1 is 1.75 bits per heavy atom. The molecule has 1 aromatic heterocycles. The molecule has 1 rings (SSSR count). The fourth-order valence-corrected chi connectivity index (χ4v) is 1.01. The van der Waals surface area contributed by atoms with E-state index < -0.39 is 0 Å². The highest BCUT2D eigenvalue weighted by Gasteiger charge is 2.03. The van der Waals surface area contributed by atoms with Crippen LogP contribution in [0.4, 0.5) is 0 Å². The van der Waals surface area contributed by atoms with Crippen LogP contribution in [0.1, 0.15) is 12.6 Å². The molecule has 0 aliphatic carbocycles. The Labute approximate surface area is 70.8 Å². The number of H-pyrrole nitrogens is 1. The van der Waals surface area contributed by atoms with E-state index in [-0.39, 0.29) is 5.78 Å². The van der Waals surface area contributed by atoms with Crippen molar-refractivity contribution in [2.24, 2.45) is 0 Å². The number of nitrogens with one attached hydrogen (secondary N) is 1. The van der Waals surface area contributed by atoms with E-state index in [0.29, 0.717) is 13.1 Å². The van der Waals surface area contributed by atoms with Crippen LogP contribution >= 0.6 is 0 Å². The molecule has 0 fully saturated rings. The minimum absolute atomic E-state index is 0.154. The van der Waals surface area contributed by atoms with Gasteiger partial charge in [0.15, 0.2) is 0 Å². The van der Waals surface area contributed by atoms with Gasteiger partial charge in [0.2, 0.25) is 0 Å². The maximum atomic E-state index is 10.7. The number of ketones is 1. The lowest BCUT2D eigenvalue weighted by Crippen LogP contribution is -2.23. The molecule has 0 aliphatic rings. The Balaban J connectivity index is 2.36. The van der Waals surface area contributed by atoms with Gasteiger partial charge in [-0.05, 0) is 14.0 Å². The van der Waals surface area contributed by atoms with Crippen molar-refractivity contribution < 1.29 is 4.79 Å². The third kappa shape index (κ3) is 2.79. The van der Waals surface area contributed by atoms with E-state index in [1.807, 2.05) is 11.9 Å². The number of aromatic amines is 1. The number of carbonyl (C=O) groups excluding carboxylic acids is 1. The van der Waals surface area contributed by atoms with E-state index >= 15 is 0 Å². The lowest BCUT2D eigenvalue weighted by molar-refractivity contribution is -0.117. The van der Waals surface area contributed by atoms with Crippen LogP contribution in [-0.4, -0.2) is 39.7 Å². The monoisotopic (exact) mass is 168 g/mol. The molecule has 1 heterocycles. The largest absolute Gasteiger partial charge is 0.299 e. The molecule has 1 N–H and O–H groups in total. The van der Waals surface area contributed by atoms with Gasteiger partial charge in [-0.2, -0.15) is 15.4 Å². The van der Waals surface area contributed by atoms with E-state index in [0.717, 1.165) is 5.69 Å². The number of hydrogen-bond acceptors (Lipinski definition) is 4. The molecule has 0 aromatic carbocycles. The van der Waals surface area contributed by atoms with E-state index in [4.69, 9.17) is 0 Å². The van der Waals surface area contributed by atoms with E-state index in [2.05, 4.69) is 15.4 Å². The van der Waals surface area contributed by atoms with Gasteiger partial charge in [-0.3, -0.25) is 9.69 Å². The summed E-state index contributed by atoms with van der Waals surface area (Å²) in [4.78, 5) is 12.6. The molecule has 0 saturated carbocycles. The second kappa shape index (κ2) is 3.96. The smallest absolute Gasteiger partial charge is 0.143 e. The van der Waals surface area contributed by atoms with Crippen molar-refractivity contribution in [1.29, 1.82) is 0 Å². The normalized spacial score (nSPS) is 10.6. The predicted octanol–water partition coefficient (Wildman–Crippen LogP) is -0.175. The number of Topliss-reactive ketones (excluding diaryl/α,β-unsaturated/α-hetero) is 1. The van der Waals surface area contributed by atoms with Crippen molar-refractivity contribution in [2.45, 2.75) is 13.5 Å². The molecule has 12 heavy (non-hydrogen) atoms. The molecule has 0 radical (unpaired) electrons. The Bertz CT molecular complexity index is 244. The molecule has 0 spiro atoms. The molecule has 66 valence electrons. The molecule has 5 heteroatoms. The Morgan fingerprint density at radius 2 is 2.50 bits per heavy atom. The first-order valence-corrected chi connectivity index (χ1v) is 3.71. The van der Waals surface area contributed by atoms with Crippen molar-refractivity contribution in [3.05, 3.63) is 11.9 Å². The summed E-state index contributed by atoms with van der Waals surface area (Å²) in [6.45, 7) is 2.67. The molecule has 0 aliphatic heterocycles. The first-order valence-electron chi connectivity index (χ1n) is 3.71. The number of aromatic nitrogens is 3. The summed E-state index contributed by atoms with van der Waals surface area (Å²) in [5.74, 6) is 0.154. The quantitative estimate of drug-likeness (QED) is 0.677. The summed E-state index contributed by atoms with van der Waals surface area (Å²) >= 11 is 0. The van der Waals surface area contributed by atoms with Gasteiger partial charge in [-0.25, -0.2) is 0 Å². The Morgan fingerprint density at radius 3 is 3.00 bits per heavy atom. The standard InChI is InChI=1S/C7H12N4O/c1-6(12)4-11(2)5-7-3-8-10-9-7/h3H,4-5H2,1-2H3,(H,8,9,10). The number of nitrogens with zero attached hydrogens (tertiary/aromatic N) is 3. The highest BCUT2D eigenvalue weighted by Crippen LogP contribution is 1.94. The van der Waals surface area contributed by atoms with Crippen LogP contribution in [0.2, 0.25) is 0 Å². The van der Waals surface area contributed by atoms with Crippen LogP contribution in [0.15, 0.2) is 6.20 Å². The van der Waals surface area contributed by atoms with Gasteiger partial charge in [0.1, 0.15) is 5.78 Å². The zero-order valence-corrected chi connectivity index (χ0v) is 7.24. The lowest BCUT2D eigenvalue weighted by Gasteiger charge is -2.11. The third-order valence-corrected chi connectivity index (χ3v) is 1.39. The second-order valence-corrected chi connectivity index (χ2v) is 2.84. The van der Waals surface area contributed by atoms with Crippen LogP contribution < -0.4 is 0 Å². The van der Waals surface area contributed by atoms with Gasteiger partial charge in [-0.1, -0.05) is 0 Å².